The molecule has 0 N–H and O–H groups in total. The summed E-state index contributed by atoms with van der Waals surface area (Å²) in [7, 11) is 0. The second-order valence-corrected chi connectivity index (χ2v) is 14.9. The third-order valence-electron chi connectivity index (χ3n) is 9.77. The van der Waals surface area contributed by atoms with Crippen LogP contribution in [-0.2, 0) is 22.7 Å². The predicted molar refractivity (Wildman–Crippen MR) is 157 cm³/mol. The van der Waals surface area contributed by atoms with Gasteiger partial charge in [-0.15, -0.1) is 0 Å². The molecule has 1 fully saturated rings. The minimum atomic E-state index is 0.0452. The zero-order chi connectivity index (χ0) is 26.1. The highest BCUT2D eigenvalue weighted by atomic mass is 14.4. The van der Waals surface area contributed by atoms with Gasteiger partial charge in [-0.05, 0) is 85.4 Å². The Hall–Kier alpha value is -2.08. The van der Waals surface area contributed by atoms with E-state index in [1.807, 2.05) is 0 Å². The van der Waals surface area contributed by atoms with E-state index in [4.69, 9.17) is 0 Å². The topological polar surface area (TPSA) is 0 Å². The van der Waals surface area contributed by atoms with E-state index in [0.29, 0.717) is 11.3 Å². The molecule has 3 aliphatic rings. The Balaban J connectivity index is 1.61. The summed E-state index contributed by atoms with van der Waals surface area (Å²) < 4.78 is 0. The van der Waals surface area contributed by atoms with Crippen LogP contribution >= 0.6 is 0 Å². The molecule has 1 unspecified atom stereocenters. The normalized spacial score (nSPS) is 21.4. The van der Waals surface area contributed by atoms with Crippen LogP contribution < -0.4 is 0 Å². The number of allylic oxidation sites excluding steroid dienone is 4. The lowest BCUT2D eigenvalue weighted by atomic mass is 9.68. The van der Waals surface area contributed by atoms with Crippen molar-refractivity contribution >= 4 is 0 Å². The van der Waals surface area contributed by atoms with Gasteiger partial charge in [-0.2, -0.15) is 0 Å². The number of fused-ring (bicyclic) bond motifs is 3. The monoisotopic (exact) mass is 480 g/mol. The lowest BCUT2D eigenvalue weighted by Crippen LogP contribution is -2.28. The van der Waals surface area contributed by atoms with Gasteiger partial charge >= 0.3 is 0 Å². The van der Waals surface area contributed by atoms with E-state index in [1.54, 1.807) is 16.7 Å². The number of rotatable bonds is 3. The van der Waals surface area contributed by atoms with Gasteiger partial charge in [-0.3, -0.25) is 0 Å². The Kier molecular flexibility index (Phi) is 6.02. The van der Waals surface area contributed by atoms with E-state index in [0.717, 1.165) is 6.42 Å². The molecule has 3 aliphatic carbocycles. The molecular weight excluding hydrogens is 432 g/mol. The molecular formula is C36H48. The highest BCUT2D eigenvalue weighted by Gasteiger charge is 2.39. The minimum Gasteiger partial charge on any atom is -0.0764 e. The number of hydrogen-bond donors (Lipinski definition) is 0. The SMILES string of the molecule is CC1(C2=CC(C(C)(C)c3cc(C(C)(C)C)cc4c3Cc3ccc(C(C)(C)C)cc3-4)C=C2)CCCCC1. The Morgan fingerprint density at radius 1 is 0.750 bits per heavy atom. The minimum absolute atomic E-state index is 0.0452. The Morgan fingerprint density at radius 3 is 2.03 bits per heavy atom. The van der Waals surface area contributed by atoms with E-state index >= 15 is 0 Å². The first-order chi connectivity index (χ1) is 16.7. The van der Waals surface area contributed by atoms with E-state index < -0.39 is 0 Å². The third kappa shape index (κ3) is 4.33. The van der Waals surface area contributed by atoms with Crippen molar-refractivity contribution in [2.45, 2.75) is 117 Å². The van der Waals surface area contributed by atoms with Crippen LogP contribution in [0.5, 0.6) is 0 Å². The second kappa shape index (κ2) is 8.47. The van der Waals surface area contributed by atoms with E-state index in [-0.39, 0.29) is 16.2 Å². The van der Waals surface area contributed by atoms with Crippen molar-refractivity contribution in [1.82, 2.24) is 0 Å². The van der Waals surface area contributed by atoms with Gasteiger partial charge in [0.2, 0.25) is 0 Å². The molecule has 0 nitrogen and oxygen atoms in total. The molecule has 0 saturated heterocycles. The van der Waals surface area contributed by atoms with Gasteiger partial charge in [0.15, 0.2) is 0 Å². The molecule has 0 spiro atoms. The maximum absolute atomic E-state index is 2.64. The van der Waals surface area contributed by atoms with E-state index in [2.05, 4.69) is 111 Å². The van der Waals surface area contributed by atoms with Gasteiger partial charge in [-0.25, -0.2) is 0 Å². The molecule has 0 radical (unpaired) electrons. The average Bonchev–Trinajstić information content (AvgIpc) is 3.43. The number of hydrogen-bond acceptors (Lipinski definition) is 0. The molecule has 1 saturated carbocycles. The Bertz CT molecular complexity index is 1230. The molecule has 0 aromatic heterocycles. The molecule has 0 bridgehead atoms. The molecule has 192 valence electrons. The van der Waals surface area contributed by atoms with Gasteiger partial charge in [-0.1, -0.05) is 130 Å². The summed E-state index contributed by atoms with van der Waals surface area (Å²) in [4.78, 5) is 0. The maximum Gasteiger partial charge on any atom is 0.00476 e. The van der Waals surface area contributed by atoms with E-state index in [1.165, 1.54) is 59.9 Å². The largest absolute Gasteiger partial charge is 0.0764 e. The quantitative estimate of drug-likeness (QED) is 0.350. The molecule has 0 heterocycles. The predicted octanol–water partition coefficient (Wildman–Crippen LogP) is 10.2. The summed E-state index contributed by atoms with van der Waals surface area (Å²) in [6, 6.07) is 12.3. The summed E-state index contributed by atoms with van der Waals surface area (Å²) >= 11 is 0. The summed E-state index contributed by atoms with van der Waals surface area (Å²) in [5, 5.41) is 0. The lowest BCUT2D eigenvalue weighted by molar-refractivity contribution is 0.272. The smallest absolute Gasteiger partial charge is 0.00476 e. The zero-order valence-electron chi connectivity index (χ0n) is 24.4. The number of benzene rings is 2. The molecule has 5 rings (SSSR count). The first-order valence-electron chi connectivity index (χ1n) is 14.4. The Labute approximate surface area is 221 Å². The second-order valence-electron chi connectivity index (χ2n) is 14.9. The molecule has 0 heteroatoms. The van der Waals surface area contributed by atoms with Gasteiger partial charge in [0, 0.05) is 5.92 Å². The van der Waals surface area contributed by atoms with Crippen molar-refractivity contribution in [3.8, 4) is 11.1 Å². The van der Waals surface area contributed by atoms with Crippen LogP contribution in [0, 0.1) is 11.3 Å². The van der Waals surface area contributed by atoms with Crippen molar-refractivity contribution in [2.24, 2.45) is 11.3 Å². The van der Waals surface area contributed by atoms with Gasteiger partial charge < -0.3 is 0 Å². The summed E-state index contributed by atoms with van der Waals surface area (Å²) in [5.74, 6) is 0.444. The zero-order valence-corrected chi connectivity index (χ0v) is 24.4. The van der Waals surface area contributed by atoms with Crippen LogP contribution in [0.2, 0.25) is 0 Å². The average molecular weight is 481 g/mol. The summed E-state index contributed by atoms with van der Waals surface area (Å²) in [5.41, 5.74) is 12.7. The maximum atomic E-state index is 2.64. The van der Waals surface area contributed by atoms with Gasteiger partial charge in [0.25, 0.3) is 0 Å². The van der Waals surface area contributed by atoms with Crippen molar-refractivity contribution in [3.05, 3.63) is 82.0 Å². The Morgan fingerprint density at radius 2 is 1.39 bits per heavy atom. The summed E-state index contributed by atoms with van der Waals surface area (Å²) in [6.45, 7) is 21.6. The van der Waals surface area contributed by atoms with Crippen LogP contribution in [0.25, 0.3) is 11.1 Å². The fourth-order valence-corrected chi connectivity index (χ4v) is 6.91. The molecule has 36 heavy (non-hydrogen) atoms. The molecule has 2 aromatic rings. The van der Waals surface area contributed by atoms with Crippen LogP contribution in [0.4, 0.5) is 0 Å². The molecule has 0 amide bonds. The van der Waals surface area contributed by atoms with Crippen LogP contribution in [0.15, 0.2) is 54.1 Å². The fourth-order valence-electron chi connectivity index (χ4n) is 6.91. The van der Waals surface area contributed by atoms with Gasteiger partial charge in [0.1, 0.15) is 0 Å². The summed E-state index contributed by atoms with van der Waals surface area (Å²) in [6.07, 6.45) is 15.6. The highest BCUT2D eigenvalue weighted by Crippen LogP contribution is 2.51. The van der Waals surface area contributed by atoms with Crippen LogP contribution in [0.1, 0.15) is 122 Å². The van der Waals surface area contributed by atoms with Crippen molar-refractivity contribution in [1.29, 1.82) is 0 Å². The lowest BCUT2D eigenvalue weighted by Gasteiger charge is -2.36. The first-order valence-corrected chi connectivity index (χ1v) is 14.4. The highest BCUT2D eigenvalue weighted by molar-refractivity contribution is 5.80. The standard InChI is InChI=1S/C36H48/c1-33(2,3)25-14-13-24-19-31-30(29(24)21-25)22-28(34(4,5)6)23-32(31)35(7,8)26-15-16-27(20-26)36(9)17-11-10-12-18-36/h13-16,20-23,26H,10-12,17-19H2,1-9H3. The van der Waals surface area contributed by atoms with Crippen molar-refractivity contribution < 1.29 is 0 Å². The molecule has 0 aliphatic heterocycles. The van der Waals surface area contributed by atoms with E-state index in [9.17, 15) is 0 Å². The first kappa shape index (κ1) is 25.6. The molecule has 1 atom stereocenters. The van der Waals surface area contributed by atoms with Crippen molar-refractivity contribution in [3.63, 3.8) is 0 Å². The molecule has 2 aromatic carbocycles. The van der Waals surface area contributed by atoms with Gasteiger partial charge in [0.05, 0.1) is 0 Å². The third-order valence-corrected chi connectivity index (χ3v) is 9.77. The van der Waals surface area contributed by atoms with Crippen LogP contribution in [-0.4, -0.2) is 0 Å². The van der Waals surface area contributed by atoms with Crippen LogP contribution in [0.3, 0.4) is 0 Å². The van der Waals surface area contributed by atoms with Crippen molar-refractivity contribution in [2.75, 3.05) is 0 Å². The fraction of sp³-hybridized carbons (Fsp3) is 0.556.